The second kappa shape index (κ2) is 7.48. The normalized spacial score (nSPS) is 11.0. The number of hydrogen-bond acceptors (Lipinski definition) is 3. The number of hydrogen-bond donors (Lipinski definition) is 1. The van der Waals surface area contributed by atoms with Crippen LogP contribution in [0.5, 0.6) is 11.5 Å². The van der Waals surface area contributed by atoms with E-state index in [0.29, 0.717) is 0 Å². The predicted octanol–water partition coefficient (Wildman–Crippen LogP) is 6.81. The van der Waals surface area contributed by atoms with Gasteiger partial charge in [0.2, 0.25) is 0 Å². The fourth-order valence-corrected chi connectivity index (χ4v) is 3.89. The molecule has 0 saturated carbocycles. The Balaban J connectivity index is 1.66. The lowest BCUT2D eigenvalue weighted by Crippen LogP contribution is -2.09. The number of fused-ring (bicyclic) bond motifs is 3. The number of nitrogens with one attached hydrogen (secondary N) is 1. The van der Waals surface area contributed by atoms with Crippen LogP contribution in [0.25, 0.3) is 21.8 Å². The molecule has 0 aliphatic rings. The zero-order chi connectivity index (χ0) is 20.5. The standard InChI is InChI=1S/C26H22N2O2/c1-29-21-12-7-18(8-13-21)28(19-9-14-22(30-2)15-10-19)20-11-16-24-23-5-3-4-6-25(23)27-26(24)17-20/h3-17,27H,1-2H3. The van der Waals surface area contributed by atoms with E-state index in [4.69, 9.17) is 9.47 Å². The van der Waals surface area contributed by atoms with Gasteiger partial charge in [0.05, 0.1) is 14.2 Å². The number of aromatic amines is 1. The highest BCUT2D eigenvalue weighted by molar-refractivity contribution is 6.08. The SMILES string of the molecule is COc1ccc(N(c2ccc(OC)cc2)c2ccc3c(c2)[nH]c2ccccc23)cc1. The highest BCUT2D eigenvalue weighted by atomic mass is 16.5. The number of anilines is 3. The molecule has 1 heterocycles. The summed E-state index contributed by atoms with van der Waals surface area (Å²) in [6, 6.07) is 31.1. The van der Waals surface area contributed by atoms with E-state index < -0.39 is 0 Å². The number of H-pyrrole nitrogens is 1. The third-order valence-electron chi connectivity index (χ3n) is 5.41. The van der Waals surface area contributed by atoms with Gasteiger partial charge in [-0.2, -0.15) is 0 Å². The van der Waals surface area contributed by atoms with Gasteiger partial charge in [-0.25, -0.2) is 0 Å². The number of nitrogens with zero attached hydrogens (tertiary/aromatic N) is 1. The molecular weight excluding hydrogens is 372 g/mol. The summed E-state index contributed by atoms with van der Waals surface area (Å²) in [6.07, 6.45) is 0. The van der Waals surface area contributed by atoms with Gasteiger partial charge in [-0.15, -0.1) is 0 Å². The van der Waals surface area contributed by atoms with E-state index >= 15 is 0 Å². The van der Waals surface area contributed by atoms with Crippen LogP contribution in [0.4, 0.5) is 17.1 Å². The lowest BCUT2D eigenvalue weighted by Gasteiger charge is -2.26. The minimum absolute atomic E-state index is 0.833. The van der Waals surface area contributed by atoms with Gasteiger partial charge in [0.15, 0.2) is 0 Å². The van der Waals surface area contributed by atoms with Crippen molar-refractivity contribution < 1.29 is 9.47 Å². The molecule has 1 N–H and O–H groups in total. The molecule has 4 heteroatoms. The molecule has 30 heavy (non-hydrogen) atoms. The Morgan fingerprint density at radius 3 is 1.70 bits per heavy atom. The molecule has 1 aromatic heterocycles. The summed E-state index contributed by atoms with van der Waals surface area (Å²) in [4.78, 5) is 5.77. The van der Waals surface area contributed by atoms with Crippen molar-refractivity contribution in [2.24, 2.45) is 0 Å². The van der Waals surface area contributed by atoms with Crippen LogP contribution in [-0.2, 0) is 0 Å². The van der Waals surface area contributed by atoms with Crippen LogP contribution in [-0.4, -0.2) is 19.2 Å². The summed E-state index contributed by atoms with van der Waals surface area (Å²) in [5.74, 6) is 1.67. The van der Waals surface area contributed by atoms with Gasteiger partial charge >= 0.3 is 0 Å². The molecule has 148 valence electrons. The van der Waals surface area contributed by atoms with E-state index in [2.05, 4.69) is 76.6 Å². The summed E-state index contributed by atoms with van der Waals surface area (Å²) in [6.45, 7) is 0. The molecule has 0 aliphatic heterocycles. The number of methoxy groups -OCH3 is 2. The van der Waals surface area contributed by atoms with Crippen LogP contribution in [0.1, 0.15) is 0 Å². The molecule has 0 amide bonds. The third-order valence-corrected chi connectivity index (χ3v) is 5.41. The van der Waals surface area contributed by atoms with Crippen molar-refractivity contribution in [3.63, 3.8) is 0 Å². The Bertz CT molecular complexity index is 1260. The van der Waals surface area contributed by atoms with Crippen molar-refractivity contribution >= 4 is 38.9 Å². The number of para-hydroxylation sites is 1. The van der Waals surface area contributed by atoms with Crippen molar-refractivity contribution in [2.75, 3.05) is 19.1 Å². The van der Waals surface area contributed by atoms with Gasteiger partial charge in [-0.3, -0.25) is 0 Å². The summed E-state index contributed by atoms with van der Waals surface area (Å²) in [5, 5.41) is 2.46. The average Bonchev–Trinajstić information content (AvgIpc) is 3.18. The molecule has 0 fully saturated rings. The topological polar surface area (TPSA) is 37.5 Å². The van der Waals surface area contributed by atoms with Crippen molar-refractivity contribution in [3.8, 4) is 11.5 Å². The summed E-state index contributed by atoms with van der Waals surface area (Å²) in [7, 11) is 3.36. The molecule has 0 spiro atoms. The van der Waals surface area contributed by atoms with Gasteiger partial charge < -0.3 is 19.4 Å². The number of benzene rings is 4. The Kier molecular flexibility index (Phi) is 4.52. The number of rotatable bonds is 5. The molecule has 0 radical (unpaired) electrons. The zero-order valence-electron chi connectivity index (χ0n) is 16.9. The lowest BCUT2D eigenvalue weighted by atomic mass is 10.1. The van der Waals surface area contributed by atoms with Gasteiger partial charge in [-0.1, -0.05) is 24.3 Å². The van der Waals surface area contributed by atoms with Crippen molar-refractivity contribution in [1.82, 2.24) is 4.98 Å². The first-order chi connectivity index (χ1) is 14.8. The molecule has 0 bridgehead atoms. The molecule has 0 atom stereocenters. The average molecular weight is 394 g/mol. The maximum absolute atomic E-state index is 5.34. The maximum Gasteiger partial charge on any atom is 0.119 e. The highest BCUT2D eigenvalue weighted by Crippen LogP contribution is 2.38. The Morgan fingerprint density at radius 1 is 0.567 bits per heavy atom. The first-order valence-corrected chi connectivity index (χ1v) is 9.85. The minimum Gasteiger partial charge on any atom is -0.497 e. The van der Waals surface area contributed by atoms with E-state index in [9.17, 15) is 0 Å². The molecule has 5 aromatic rings. The number of ether oxygens (including phenoxy) is 2. The first kappa shape index (κ1) is 18.1. The van der Waals surface area contributed by atoms with Crippen LogP contribution in [0.15, 0.2) is 91.0 Å². The molecule has 0 aliphatic carbocycles. The van der Waals surface area contributed by atoms with Gasteiger partial charge in [0.1, 0.15) is 11.5 Å². The molecular formula is C26H22N2O2. The Hall–Kier alpha value is -3.92. The summed E-state index contributed by atoms with van der Waals surface area (Å²) >= 11 is 0. The third kappa shape index (κ3) is 3.12. The fraction of sp³-hybridized carbons (Fsp3) is 0.0769. The van der Waals surface area contributed by atoms with Crippen molar-refractivity contribution in [2.45, 2.75) is 0 Å². The number of aromatic nitrogens is 1. The van der Waals surface area contributed by atoms with Gasteiger partial charge in [0.25, 0.3) is 0 Å². The smallest absolute Gasteiger partial charge is 0.119 e. The monoisotopic (exact) mass is 394 g/mol. The summed E-state index contributed by atoms with van der Waals surface area (Å²) in [5.41, 5.74) is 5.43. The van der Waals surface area contributed by atoms with Crippen LogP contribution in [0.3, 0.4) is 0 Å². The maximum atomic E-state index is 5.34. The van der Waals surface area contributed by atoms with E-state index in [-0.39, 0.29) is 0 Å². The zero-order valence-corrected chi connectivity index (χ0v) is 16.9. The van der Waals surface area contributed by atoms with Crippen molar-refractivity contribution in [1.29, 1.82) is 0 Å². The van der Waals surface area contributed by atoms with Crippen LogP contribution < -0.4 is 14.4 Å². The van der Waals surface area contributed by atoms with E-state index in [1.165, 1.54) is 10.8 Å². The van der Waals surface area contributed by atoms with Gasteiger partial charge in [0, 0.05) is 38.9 Å². The van der Waals surface area contributed by atoms with E-state index in [0.717, 1.165) is 39.6 Å². The van der Waals surface area contributed by atoms with Crippen LogP contribution in [0.2, 0.25) is 0 Å². The largest absolute Gasteiger partial charge is 0.497 e. The van der Waals surface area contributed by atoms with E-state index in [1.807, 2.05) is 24.3 Å². The Labute approximate surface area is 175 Å². The van der Waals surface area contributed by atoms with Crippen LogP contribution in [0, 0.1) is 0 Å². The molecule has 0 saturated heterocycles. The van der Waals surface area contributed by atoms with Crippen molar-refractivity contribution in [3.05, 3.63) is 91.0 Å². The Morgan fingerprint density at radius 2 is 1.10 bits per heavy atom. The predicted molar refractivity (Wildman–Crippen MR) is 124 cm³/mol. The molecule has 5 rings (SSSR count). The lowest BCUT2D eigenvalue weighted by molar-refractivity contribution is 0.415. The highest BCUT2D eigenvalue weighted by Gasteiger charge is 2.14. The van der Waals surface area contributed by atoms with E-state index in [1.54, 1.807) is 14.2 Å². The molecule has 4 aromatic carbocycles. The molecule has 4 nitrogen and oxygen atoms in total. The van der Waals surface area contributed by atoms with Gasteiger partial charge in [-0.05, 0) is 66.7 Å². The second-order valence-corrected chi connectivity index (χ2v) is 7.13. The fourth-order valence-electron chi connectivity index (χ4n) is 3.89. The first-order valence-electron chi connectivity index (χ1n) is 9.85. The second-order valence-electron chi connectivity index (χ2n) is 7.13. The van der Waals surface area contributed by atoms with Crippen LogP contribution >= 0.6 is 0 Å². The molecule has 0 unspecified atom stereocenters. The summed E-state index contributed by atoms with van der Waals surface area (Å²) < 4.78 is 10.7. The quantitative estimate of drug-likeness (QED) is 0.356. The minimum atomic E-state index is 0.833.